The zero-order valence-corrected chi connectivity index (χ0v) is 17.6. The quantitative estimate of drug-likeness (QED) is 0.525. The van der Waals surface area contributed by atoms with E-state index >= 15 is 0 Å². The van der Waals surface area contributed by atoms with Crippen LogP contribution in [0.3, 0.4) is 0 Å². The van der Waals surface area contributed by atoms with E-state index in [1.165, 1.54) is 27.7 Å². The Labute approximate surface area is 163 Å². The highest BCUT2D eigenvalue weighted by Gasteiger charge is 2.82. The summed E-state index contributed by atoms with van der Waals surface area (Å²) < 4.78 is 26.8. The van der Waals surface area contributed by atoms with Gasteiger partial charge in [0, 0.05) is 20.8 Å². The SMILES string of the molecule is COC(=O)[C@@]1(C)O[C@@](C)(O)[C@@](C)(OC(C)=O)[C@@](C)(OC(C)=O)[C@]1(C)OC(C)=O. The first-order valence-electron chi connectivity index (χ1n) is 8.54. The zero-order chi connectivity index (χ0) is 22.3. The van der Waals surface area contributed by atoms with E-state index in [-0.39, 0.29) is 0 Å². The summed E-state index contributed by atoms with van der Waals surface area (Å²) in [5.41, 5.74) is -8.43. The number of rotatable bonds is 4. The minimum absolute atomic E-state index is 0.836. The Bertz CT molecular complexity index is 700. The monoisotopic (exact) mass is 404 g/mol. The van der Waals surface area contributed by atoms with E-state index in [2.05, 4.69) is 0 Å². The third kappa shape index (κ3) is 3.14. The van der Waals surface area contributed by atoms with Crippen LogP contribution in [0.2, 0.25) is 0 Å². The van der Waals surface area contributed by atoms with E-state index in [1.54, 1.807) is 0 Å². The van der Waals surface area contributed by atoms with E-state index in [4.69, 9.17) is 23.7 Å². The number of carbonyl (C=O) groups is 4. The van der Waals surface area contributed by atoms with Crippen LogP contribution in [0.4, 0.5) is 0 Å². The number of carbonyl (C=O) groups excluding carboxylic acids is 4. The lowest BCUT2D eigenvalue weighted by atomic mass is 9.60. The molecule has 0 aromatic rings. The molecule has 5 atom stereocenters. The van der Waals surface area contributed by atoms with E-state index in [9.17, 15) is 24.3 Å². The van der Waals surface area contributed by atoms with Gasteiger partial charge < -0.3 is 28.8 Å². The van der Waals surface area contributed by atoms with Crippen LogP contribution in [0.25, 0.3) is 0 Å². The number of ether oxygens (including phenoxy) is 5. The lowest BCUT2D eigenvalue weighted by molar-refractivity contribution is -0.437. The van der Waals surface area contributed by atoms with E-state index in [1.807, 2.05) is 0 Å². The fourth-order valence-corrected chi connectivity index (χ4v) is 3.82. The Morgan fingerprint density at radius 3 is 1.43 bits per heavy atom. The van der Waals surface area contributed by atoms with Crippen LogP contribution in [-0.2, 0) is 42.9 Å². The van der Waals surface area contributed by atoms with Crippen molar-refractivity contribution in [1.29, 1.82) is 0 Å². The van der Waals surface area contributed by atoms with Crippen molar-refractivity contribution in [1.82, 2.24) is 0 Å². The van der Waals surface area contributed by atoms with Gasteiger partial charge in [0.05, 0.1) is 7.11 Å². The molecule has 1 N–H and O–H groups in total. The Balaban J connectivity index is 4.02. The van der Waals surface area contributed by atoms with E-state index < -0.39 is 52.1 Å². The van der Waals surface area contributed by atoms with Crippen LogP contribution in [0.15, 0.2) is 0 Å². The predicted molar refractivity (Wildman–Crippen MR) is 92.6 cm³/mol. The van der Waals surface area contributed by atoms with Crippen LogP contribution in [-0.4, -0.2) is 64.3 Å². The molecule has 10 nitrogen and oxygen atoms in total. The highest BCUT2D eigenvalue weighted by molar-refractivity contribution is 5.83. The number of hydrogen-bond donors (Lipinski definition) is 1. The molecule has 0 amide bonds. The fourth-order valence-electron chi connectivity index (χ4n) is 3.82. The molecule has 1 fully saturated rings. The Morgan fingerprint density at radius 1 is 0.714 bits per heavy atom. The van der Waals surface area contributed by atoms with Gasteiger partial charge in [-0.25, -0.2) is 4.79 Å². The Morgan fingerprint density at radius 2 is 1.07 bits per heavy atom. The molecule has 0 aromatic heterocycles. The number of methoxy groups -OCH3 is 1. The molecule has 0 aliphatic carbocycles. The molecule has 0 radical (unpaired) electrons. The molecular weight excluding hydrogens is 376 g/mol. The van der Waals surface area contributed by atoms with Crippen LogP contribution in [0.1, 0.15) is 55.4 Å². The van der Waals surface area contributed by atoms with Crippen molar-refractivity contribution in [2.24, 2.45) is 0 Å². The lowest BCUT2D eigenvalue weighted by Gasteiger charge is -2.65. The third-order valence-corrected chi connectivity index (χ3v) is 5.64. The smallest absolute Gasteiger partial charge is 0.342 e. The lowest BCUT2D eigenvalue weighted by Crippen LogP contribution is -2.87. The highest BCUT2D eigenvalue weighted by atomic mass is 16.7. The van der Waals surface area contributed by atoms with Crippen molar-refractivity contribution in [2.75, 3.05) is 7.11 Å². The third-order valence-electron chi connectivity index (χ3n) is 5.64. The van der Waals surface area contributed by atoms with Crippen molar-refractivity contribution >= 4 is 23.9 Å². The summed E-state index contributed by atoms with van der Waals surface area (Å²) in [4.78, 5) is 48.4. The van der Waals surface area contributed by atoms with Crippen molar-refractivity contribution in [3.63, 3.8) is 0 Å². The van der Waals surface area contributed by atoms with Gasteiger partial charge in [-0.2, -0.15) is 0 Å². The molecule has 10 heteroatoms. The molecule has 1 aliphatic rings. The van der Waals surface area contributed by atoms with Gasteiger partial charge in [0.1, 0.15) is 0 Å². The maximum absolute atomic E-state index is 12.7. The van der Waals surface area contributed by atoms with Gasteiger partial charge >= 0.3 is 23.9 Å². The van der Waals surface area contributed by atoms with E-state index in [0.29, 0.717) is 0 Å². The van der Waals surface area contributed by atoms with E-state index in [0.717, 1.165) is 34.8 Å². The van der Waals surface area contributed by atoms with Gasteiger partial charge in [0.15, 0.2) is 11.2 Å². The maximum atomic E-state index is 12.7. The van der Waals surface area contributed by atoms with Crippen LogP contribution in [0, 0.1) is 0 Å². The average Bonchev–Trinajstić information content (AvgIpc) is 2.49. The average molecular weight is 404 g/mol. The Kier molecular flexibility index (Phi) is 5.96. The summed E-state index contributed by atoms with van der Waals surface area (Å²) >= 11 is 0. The highest BCUT2D eigenvalue weighted by Crippen LogP contribution is 2.58. The molecule has 1 aliphatic heterocycles. The number of esters is 4. The summed E-state index contributed by atoms with van der Waals surface area (Å²) in [7, 11) is 1.07. The van der Waals surface area contributed by atoms with Crippen LogP contribution in [0.5, 0.6) is 0 Å². The maximum Gasteiger partial charge on any atom is 0.342 e. The molecule has 0 saturated carbocycles. The summed E-state index contributed by atoms with van der Waals surface area (Å²) in [6, 6.07) is 0. The van der Waals surface area contributed by atoms with Gasteiger partial charge in [-0.3, -0.25) is 14.4 Å². The zero-order valence-electron chi connectivity index (χ0n) is 17.6. The molecule has 28 heavy (non-hydrogen) atoms. The van der Waals surface area contributed by atoms with Gasteiger partial charge in [-0.15, -0.1) is 0 Å². The number of aliphatic hydroxyl groups is 1. The first-order valence-corrected chi connectivity index (χ1v) is 8.54. The first-order chi connectivity index (χ1) is 12.4. The standard InChI is InChI=1S/C18H28O10/c1-10(19)25-15(5)14(4,13(22)24-9)28-18(8,23)17(7,27-12(3)21)16(15,6)26-11(2)20/h23H,1-9H3/t14-,15-,16+,17+,18-/m1/s1. The molecule has 0 spiro atoms. The van der Waals surface area contributed by atoms with Crippen molar-refractivity contribution in [3.05, 3.63) is 0 Å². The van der Waals surface area contributed by atoms with Crippen molar-refractivity contribution < 1.29 is 48.0 Å². The molecular formula is C18H28O10. The second-order valence-electron chi connectivity index (χ2n) is 7.49. The van der Waals surface area contributed by atoms with Gasteiger partial charge in [0.25, 0.3) is 0 Å². The fraction of sp³-hybridized carbons (Fsp3) is 0.778. The summed E-state index contributed by atoms with van der Waals surface area (Å²) in [5.74, 6) is -5.90. The minimum atomic E-state index is -2.37. The Hall–Kier alpha value is -2.20. The molecule has 0 bridgehead atoms. The minimum Gasteiger partial charge on any atom is -0.467 e. The molecule has 160 valence electrons. The summed E-state index contributed by atoms with van der Waals surface area (Å²) in [5, 5.41) is 11.1. The van der Waals surface area contributed by atoms with Crippen molar-refractivity contribution in [3.8, 4) is 0 Å². The van der Waals surface area contributed by atoms with Crippen LogP contribution >= 0.6 is 0 Å². The molecule has 1 rings (SSSR count). The summed E-state index contributed by atoms with van der Waals surface area (Å²) in [6.45, 7) is 9.37. The van der Waals surface area contributed by atoms with Crippen molar-refractivity contribution in [2.45, 2.75) is 83.6 Å². The van der Waals surface area contributed by atoms with Gasteiger partial charge in [-0.05, 0) is 34.6 Å². The summed E-state index contributed by atoms with van der Waals surface area (Å²) in [6.07, 6.45) is 0. The van der Waals surface area contributed by atoms with Gasteiger partial charge in [-0.1, -0.05) is 0 Å². The second-order valence-corrected chi connectivity index (χ2v) is 7.49. The normalized spacial score (nSPS) is 40.2. The van der Waals surface area contributed by atoms with Crippen LogP contribution < -0.4 is 0 Å². The number of hydrogen-bond acceptors (Lipinski definition) is 10. The topological polar surface area (TPSA) is 135 Å². The molecule has 0 unspecified atom stereocenters. The predicted octanol–water partition coefficient (Wildman–Crippen LogP) is 0.622. The molecule has 1 heterocycles. The van der Waals surface area contributed by atoms with Gasteiger partial charge in [0.2, 0.25) is 17.0 Å². The molecule has 1 saturated heterocycles. The molecule has 0 aromatic carbocycles. The first kappa shape index (κ1) is 23.8. The second kappa shape index (κ2) is 7.00. The largest absolute Gasteiger partial charge is 0.467 e.